The van der Waals surface area contributed by atoms with Crippen molar-refractivity contribution in [1.29, 1.82) is 0 Å². The van der Waals surface area contributed by atoms with E-state index < -0.39 is 16.4 Å². The zero-order chi connectivity index (χ0) is 10.5. The van der Waals surface area contributed by atoms with Crippen LogP contribution in [0, 0.1) is 15.5 Å². The predicted molar refractivity (Wildman–Crippen MR) is 45.2 cm³/mol. The monoisotopic (exact) mass is 190 g/mol. The van der Waals surface area contributed by atoms with Gasteiger partial charge in [-0.1, -0.05) is 13.8 Å². The minimum absolute atomic E-state index is 0.00368. The highest BCUT2D eigenvalue weighted by Crippen LogP contribution is 2.21. The van der Waals surface area contributed by atoms with E-state index in [0.717, 1.165) is 0 Å². The smallest absolute Gasteiger partial charge is 0.294 e. The molecule has 0 aliphatic carbocycles. The molecule has 0 aromatic rings. The van der Waals surface area contributed by atoms with Gasteiger partial charge in [0.05, 0.1) is 6.61 Å². The Hall–Kier alpha value is -1.33. The van der Waals surface area contributed by atoms with Crippen molar-refractivity contribution in [2.45, 2.75) is 26.7 Å². The van der Waals surface area contributed by atoms with Gasteiger partial charge in [-0.3, -0.25) is 4.79 Å². The molecule has 0 atom stereocenters. The maximum absolute atomic E-state index is 10.8. The molecule has 0 fully saturated rings. The fraction of sp³-hybridized carbons (Fsp3) is 0.857. The van der Waals surface area contributed by atoms with E-state index in [9.17, 15) is 14.9 Å². The molecule has 0 aromatic carbocycles. The van der Waals surface area contributed by atoms with E-state index in [-0.39, 0.29) is 6.61 Å². The fourth-order valence-electron chi connectivity index (χ4n) is 0.776. The molecular weight excluding hydrogens is 176 g/mol. The molecule has 6 nitrogen and oxygen atoms in total. The van der Waals surface area contributed by atoms with Crippen molar-refractivity contribution in [3.63, 3.8) is 0 Å². The summed E-state index contributed by atoms with van der Waals surface area (Å²) < 4.78 is 0. The van der Waals surface area contributed by atoms with Crippen LogP contribution in [-0.2, 0) is 9.63 Å². The second-order valence-electron chi connectivity index (χ2n) is 3.41. The van der Waals surface area contributed by atoms with Crippen molar-refractivity contribution in [2.75, 3.05) is 6.61 Å². The van der Waals surface area contributed by atoms with E-state index in [2.05, 4.69) is 4.84 Å². The minimum Gasteiger partial charge on any atom is -0.369 e. The molecule has 0 aromatic heterocycles. The lowest BCUT2D eigenvalue weighted by molar-refractivity contribution is -0.757. The van der Waals surface area contributed by atoms with Gasteiger partial charge in [0, 0.05) is 5.41 Å². The Labute approximate surface area is 76.2 Å². The number of hydrogen-bond acceptors (Lipinski definition) is 4. The van der Waals surface area contributed by atoms with Gasteiger partial charge < -0.3 is 10.6 Å². The van der Waals surface area contributed by atoms with Crippen LogP contribution in [0.4, 0.5) is 0 Å². The standard InChI is InChI=1S/C7H14N2O4/c1-7(2,6(8)10)4-3-5-13-9(11)12/h3-5H2,1-2H3,(H2,8,10). The lowest BCUT2D eigenvalue weighted by Crippen LogP contribution is -2.31. The molecule has 0 saturated heterocycles. The van der Waals surface area contributed by atoms with Crippen LogP contribution in [0.25, 0.3) is 0 Å². The molecule has 13 heavy (non-hydrogen) atoms. The third-order valence-corrected chi connectivity index (χ3v) is 1.81. The van der Waals surface area contributed by atoms with E-state index >= 15 is 0 Å². The van der Waals surface area contributed by atoms with E-state index in [0.29, 0.717) is 12.8 Å². The van der Waals surface area contributed by atoms with E-state index in [1.165, 1.54) is 0 Å². The predicted octanol–water partition coefficient (Wildman–Crippen LogP) is 0.486. The maximum Gasteiger partial charge on any atom is 0.294 e. The van der Waals surface area contributed by atoms with Crippen LogP contribution in [0.2, 0.25) is 0 Å². The molecule has 0 heterocycles. The van der Waals surface area contributed by atoms with Crippen LogP contribution in [0.1, 0.15) is 26.7 Å². The third kappa shape index (κ3) is 5.00. The second-order valence-corrected chi connectivity index (χ2v) is 3.41. The molecule has 0 unspecified atom stereocenters. The first-order chi connectivity index (χ1) is 5.86. The molecule has 0 rings (SSSR count). The van der Waals surface area contributed by atoms with Gasteiger partial charge in [-0.05, 0) is 12.8 Å². The third-order valence-electron chi connectivity index (χ3n) is 1.81. The lowest BCUT2D eigenvalue weighted by Gasteiger charge is -2.19. The molecule has 0 aliphatic heterocycles. The highest BCUT2D eigenvalue weighted by molar-refractivity contribution is 5.79. The summed E-state index contributed by atoms with van der Waals surface area (Å²) in [7, 11) is 0. The van der Waals surface area contributed by atoms with Gasteiger partial charge in [0.25, 0.3) is 5.09 Å². The van der Waals surface area contributed by atoms with Crippen LogP contribution < -0.4 is 5.73 Å². The van der Waals surface area contributed by atoms with Gasteiger partial charge in [0.15, 0.2) is 0 Å². The van der Waals surface area contributed by atoms with Crippen molar-refractivity contribution in [2.24, 2.45) is 11.1 Å². The molecule has 6 heteroatoms. The van der Waals surface area contributed by atoms with E-state index in [1.54, 1.807) is 13.8 Å². The highest BCUT2D eigenvalue weighted by Gasteiger charge is 2.23. The first-order valence-corrected chi connectivity index (χ1v) is 3.93. The second kappa shape index (κ2) is 4.64. The topological polar surface area (TPSA) is 95.5 Å². The first kappa shape index (κ1) is 11.7. The summed E-state index contributed by atoms with van der Waals surface area (Å²) in [5.74, 6) is -0.409. The highest BCUT2D eigenvalue weighted by atomic mass is 16.9. The molecule has 1 amide bonds. The van der Waals surface area contributed by atoms with Crippen molar-refractivity contribution < 1.29 is 14.7 Å². The average molecular weight is 190 g/mol. The van der Waals surface area contributed by atoms with Crippen molar-refractivity contribution in [3.8, 4) is 0 Å². The van der Waals surface area contributed by atoms with E-state index in [1.807, 2.05) is 0 Å². The summed E-state index contributed by atoms with van der Waals surface area (Å²) in [5.41, 5.74) is 4.47. The first-order valence-electron chi connectivity index (χ1n) is 3.93. The molecule has 2 N–H and O–H groups in total. The van der Waals surface area contributed by atoms with Crippen LogP contribution in [0.15, 0.2) is 0 Å². The van der Waals surface area contributed by atoms with E-state index in [4.69, 9.17) is 5.73 Å². The van der Waals surface area contributed by atoms with Gasteiger partial charge in [-0.2, -0.15) is 0 Å². The van der Waals surface area contributed by atoms with Crippen LogP contribution in [0.3, 0.4) is 0 Å². The summed E-state index contributed by atoms with van der Waals surface area (Å²) in [6.07, 6.45) is 0.924. The maximum atomic E-state index is 10.8. The van der Waals surface area contributed by atoms with Crippen molar-refractivity contribution in [1.82, 2.24) is 0 Å². The Bertz CT molecular complexity index is 203. The number of hydrogen-bond donors (Lipinski definition) is 1. The van der Waals surface area contributed by atoms with Gasteiger partial charge in [-0.25, -0.2) is 0 Å². The number of carbonyl (C=O) groups is 1. The number of primary amides is 1. The average Bonchev–Trinajstić information content (AvgIpc) is 1.97. The van der Waals surface area contributed by atoms with Crippen molar-refractivity contribution >= 4 is 5.91 Å². The summed E-state index contributed by atoms with van der Waals surface area (Å²) >= 11 is 0. The summed E-state index contributed by atoms with van der Waals surface area (Å²) in [6, 6.07) is 0. The fourth-order valence-corrected chi connectivity index (χ4v) is 0.776. The molecule has 0 aliphatic rings. The van der Waals surface area contributed by atoms with Crippen LogP contribution >= 0.6 is 0 Å². The zero-order valence-corrected chi connectivity index (χ0v) is 7.78. The van der Waals surface area contributed by atoms with Gasteiger partial charge in [0.2, 0.25) is 5.91 Å². The largest absolute Gasteiger partial charge is 0.369 e. The quantitative estimate of drug-likeness (QED) is 0.374. The Morgan fingerprint density at radius 3 is 2.54 bits per heavy atom. The Balaban J connectivity index is 3.64. The molecular formula is C7H14N2O4. The number of amides is 1. The van der Waals surface area contributed by atoms with Crippen LogP contribution in [-0.4, -0.2) is 17.6 Å². The molecule has 0 spiro atoms. The van der Waals surface area contributed by atoms with Crippen LogP contribution in [0.5, 0.6) is 0 Å². The normalized spacial score (nSPS) is 10.9. The molecule has 0 bridgehead atoms. The Kier molecular flexibility index (Phi) is 4.16. The number of rotatable bonds is 6. The summed E-state index contributed by atoms with van der Waals surface area (Å²) in [4.78, 5) is 24.6. The van der Waals surface area contributed by atoms with Crippen molar-refractivity contribution in [3.05, 3.63) is 10.1 Å². The molecule has 0 radical (unpaired) electrons. The summed E-state index contributed by atoms with van der Waals surface area (Å²) in [6.45, 7) is 3.40. The SMILES string of the molecule is CC(C)(CCCO[N+](=O)[O-])C(N)=O. The number of carbonyl (C=O) groups excluding carboxylic acids is 1. The molecule has 0 saturated carbocycles. The zero-order valence-electron chi connectivity index (χ0n) is 7.78. The number of nitrogens with zero attached hydrogens (tertiary/aromatic N) is 1. The van der Waals surface area contributed by atoms with Gasteiger partial charge in [-0.15, -0.1) is 10.1 Å². The van der Waals surface area contributed by atoms with Gasteiger partial charge >= 0.3 is 0 Å². The Morgan fingerprint density at radius 1 is 1.62 bits per heavy atom. The van der Waals surface area contributed by atoms with Gasteiger partial charge in [0.1, 0.15) is 0 Å². The Morgan fingerprint density at radius 2 is 2.15 bits per heavy atom. The molecule has 76 valence electrons. The lowest BCUT2D eigenvalue weighted by atomic mass is 9.87. The summed E-state index contributed by atoms with van der Waals surface area (Å²) in [5, 5.41) is 8.90. The minimum atomic E-state index is -0.850. The number of nitrogens with two attached hydrogens (primary N) is 1.